The molecule has 46 heavy (non-hydrogen) atoms. The van der Waals surface area contributed by atoms with Crippen LogP contribution >= 0.6 is 9.24 Å². The largest absolute Gasteiger partial charge is 0.195 e. The highest BCUT2D eigenvalue weighted by Crippen LogP contribution is 2.40. The van der Waals surface area contributed by atoms with Crippen molar-refractivity contribution in [3.05, 3.63) is 229 Å². The van der Waals surface area contributed by atoms with Gasteiger partial charge in [0.15, 0.2) is 0 Å². The van der Waals surface area contributed by atoms with Gasteiger partial charge in [-0.2, -0.15) is 21.9 Å². The molecule has 1 unspecified atom stereocenters. The fraction of sp³-hybridized carbons (Fsp3) is 0.0455. The lowest BCUT2D eigenvalue weighted by molar-refractivity contribution is 0.705. The molecule has 0 nitrogen and oxygen atoms in total. The predicted molar refractivity (Wildman–Crippen MR) is 204 cm³/mol. The van der Waals surface area contributed by atoms with E-state index in [0.717, 1.165) is 6.16 Å². The van der Waals surface area contributed by atoms with Gasteiger partial charge in [-0.15, -0.1) is 9.24 Å². The van der Waals surface area contributed by atoms with E-state index in [-0.39, 0.29) is 5.41 Å². The van der Waals surface area contributed by atoms with E-state index in [1.165, 1.54) is 38.5 Å². The molecule has 224 valence electrons. The summed E-state index contributed by atoms with van der Waals surface area (Å²) in [5, 5.41) is 0. The molecule has 1 atom stereocenters. The van der Waals surface area contributed by atoms with Crippen molar-refractivity contribution >= 4 is 37.2 Å². The Hall–Kier alpha value is -4.97. The maximum Gasteiger partial charge on any atom is 0.108 e. The van der Waals surface area contributed by atoms with Crippen molar-refractivity contribution in [2.24, 2.45) is 0 Å². The number of hydrogen-bond acceptors (Lipinski definition) is 0. The lowest BCUT2D eigenvalue weighted by Crippen LogP contribution is -2.74. The van der Waals surface area contributed by atoms with E-state index >= 15 is 0 Å². The Bertz CT molecular complexity index is 1620. The summed E-state index contributed by atoms with van der Waals surface area (Å²) in [5.41, 5.74) is 9.23. The van der Waals surface area contributed by atoms with E-state index < -0.39 is 6.15 Å². The average Bonchev–Trinajstić information content (AvgIpc) is 3.16. The molecule has 0 aromatic heterocycles. The molecule has 7 rings (SSSR count). The van der Waals surface area contributed by atoms with Crippen LogP contribution in [0, 0.1) is 0 Å². The quantitative estimate of drug-likeness (QED) is 0.0932. The molecule has 7 aromatic rings. The van der Waals surface area contributed by atoms with Gasteiger partial charge in [-0.3, -0.25) is 0 Å². The van der Waals surface area contributed by atoms with Crippen molar-refractivity contribution in [1.82, 2.24) is 0 Å². The minimum Gasteiger partial charge on any atom is -0.195 e. The highest BCUT2D eigenvalue weighted by molar-refractivity contribution is 7.19. The first-order valence-corrected chi connectivity index (χ1v) is 16.9. The van der Waals surface area contributed by atoms with Gasteiger partial charge in [0.2, 0.25) is 0 Å². The second kappa shape index (κ2) is 14.9. The SMILES string of the molecule is PCC(c1ccccc1)(c1ccccc1)c1ccccc1.c1ccc([B-](c2ccccc2)(c2ccccc2)c2ccccc2)cc1. The van der Waals surface area contributed by atoms with Crippen LogP contribution in [0.15, 0.2) is 212 Å². The molecule has 0 fully saturated rings. The molecule has 0 aliphatic heterocycles. The Kier molecular flexibility index (Phi) is 10.0. The molecule has 2 heteroatoms. The van der Waals surface area contributed by atoms with Gasteiger partial charge in [0, 0.05) is 5.41 Å². The number of benzene rings is 7. The summed E-state index contributed by atoms with van der Waals surface area (Å²) in [4.78, 5) is 0. The van der Waals surface area contributed by atoms with Gasteiger partial charge in [-0.05, 0) is 22.9 Å². The summed E-state index contributed by atoms with van der Waals surface area (Å²) in [6.45, 7) is 0. The van der Waals surface area contributed by atoms with Crippen molar-refractivity contribution in [3.63, 3.8) is 0 Å². The molecule has 0 aliphatic rings. The third-order valence-electron chi connectivity index (χ3n) is 9.30. The van der Waals surface area contributed by atoms with Crippen LogP contribution in [0.25, 0.3) is 0 Å². The zero-order valence-electron chi connectivity index (χ0n) is 26.1. The van der Waals surface area contributed by atoms with E-state index in [9.17, 15) is 0 Å². The van der Waals surface area contributed by atoms with Gasteiger partial charge < -0.3 is 0 Å². The molecule has 0 amide bonds. The van der Waals surface area contributed by atoms with Crippen molar-refractivity contribution in [2.75, 3.05) is 6.16 Å². The van der Waals surface area contributed by atoms with Crippen molar-refractivity contribution in [3.8, 4) is 0 Å². The zero-order chi connectivity index (χ0) is 31.5. The summed E-state index contributed by atoms with van der Waals surface area (Å²) >= 11 is 0. The Morgan fingerprint density at radius 1 is 0.304 bits per heavy atom. The first-order valence-electron chi connectivity index (χ1n) is 16.0. The van der Waals surface area contributed by atoms with Crippen LogP contribution in [0.4, 0.5) is 0 Å². The number of hydrogen-bond donors (Lipinski definition) is 0. The fourth-order valence-electron chi connectivity index (χ4n) is 7.14. The standard InChI is InChI=1S/C24H20B.C20H19P/c1-5-13-21(14-6-1)25(22-15-7-2-8-16-22,23-17-9-3-10-18-23)24-19-11-4-12-20-24;21-16-20(17-10-4-1-5-11-17,18-12-6-2-7-13-18)19-14-8-3-9-15-19/h1-20H;1-15H,16,21H2/q-1;. The molecule has 0 bridgehead atoms. The third kappa shape index (κ3) is 6.12. The minimum absolute atomic E-state index is 0.117. The van der Waals surface area contributed by atoms with E-state index in [1.54, 1.807) is 0 Å². The van der Waals surface area contributed by atoms with Gasteiger partial charge in [-0.1, -0.05) is 212 Å². The average molecular weight is 610 g/mol. The Morgan fingerprint density at radius 2 is 0.500 bits per heavy atom. The molecule has 7 aromatic carbocycles. The predicted octanol–water partition coefficient (Wildman–Crippen LogP) is 7.96. The number of rotatable bonds is 8. The Labute approximate surface area is 276 Å². The van der Waals surface area contributed by atoms with Gasteiger partial charge in [0.25, 0.3) is 0 Å². The smallest absolute Gasteiger partial charge is 0.108 e. The normalized spacial score (nSPS) is 11.2. The molecule has 0 heterocycles. The van der Waals surface area contributed by atoms with Crippen molar-refractivity contribution in [2.45, 2.75) is 5.41 Å². The van der Waals surface area contributed by atoms with E-state index in [2.05, 4.69) is 222 Å². The molecule has 0 saturated carbocycles. The van der Waals surface area contributed by atoms with Gasteiger partial charge >= 0.3 is 0 Å². The molecular weight excluding hydrogens is 570 g/mol. The van der Waals surface area contributed by atoms with Gasteiger partial charge in [-0.25, -0.2) is 0 Å². The Morgan fingerprint density at radius 3 is 0.696 bits per heavy atom. The lowest BCUT2D eigenvalue weighted by atomic mass is 9.13. The first kappa shape index (κ1) is 31.0. The van der Waals surface area contributed by atoms with Gasteiger partial charge in [0.1, 0.15) is 6.15 Å². The lowest BCUT2D eigenvalue weighted by Gasteiger charge is -2.44. The van der Waals surface area contributed by atoms with Crippen LogP contribution in [-0.2, 0) is 5.41 Å². The van der Waals surface area contributed by atoms with E-state index in [4.69, 9.17) is 0 Å². The van der Waals surface area contributed by atoms with Crippen LogP contribution in [-0.4, -0.2) is 12.3 Å². The van der Waals surface area contributed by atoms with Gasteiger partial charge in [0.05, 0.1) is 0 Å². The molecule has 0 radical (unpaired) electrons. The third-order valence-corrected chi connectivity index (χ3v) is 9.92. The first-order chi connectivity index (χ1) is 22.8. The molecule has 0 N–H and O–H groups in total. The molecular formula is C44H39BP-. The molecule has 0 aliphatic carbocycles. The maximum absolute atomic E-state index is 2.94. The summed E-state index contributed by atoms with van der Waals surface area (Å²) in [6.07, 6.45) is -0.266. The van der Waals surface area contributed by atoms with Crippen LogP contribution in [0.2, 0.25) is 0 Å². The van der Waals surface area contributed by atoms with Crippen LogP contribution in [0.5, 0.6) is 0 Å². The summed E-state index contributed by atoms with van der Waals surface area (Å²) in [7, 11) is 2.94. The summed E-state index contributed by atoms with van der Waals surface area (Å²) in [5.74, 6) is 0. The van der Waals surface area contributed by atoms with E-state index in [1.807, 2.05) is 0 Å². The highest BCUT2D eigenvalue weighted by atomic mass is 31.0. The molecule has 0 spiro atoms. The fourth-order valence-corrected chi connectivity index (χ4v) is 7.85. The van der Waals surface area contributed by atoms with Crippen LogP contribution < -0.4 is 21.9 Å². The van der Waals surface area contributed by atoms with Crippen molar-refractivity contribution in [1.29, 1.82) is 0 Å². The van der Waals surface area contributed by atoms with Crippen molar-refractivity contribution < 1.29 is 0 Å². The zero-order valence-corrected chi connectivity index (χ0v) is 27.2. The van der Waals surface area contributed by atoms with Crippen LogP contribution in [0.1, 0.15) is 16.7 Å². The summed E-state index contributed by atoms with van der Waals surface area (Å²) < 4.78 is 0. The maximum atomic E-state index is 2.94. The highest BCUT2D eigenvalue weighted by Gasteiger charge is 2.34. The second-order valence-corrected chi connectivity index (χ2v) is 12.1. The topological polar surface area (TPSA) is 0 Å². The minimum atomic E-state index is -1.22. The second-order valence-electron chi connectivity index (χ2n) is 11.7. The molecule has 0 saturated heterocycles. The summed E-state index contributed by atoms with van der Waals surface area (Å²) in [6, 6.07) is 75.8. The Balaban J connectivity index is 0.000000164. The van der Waals surface area contributed by atoms with E-state index in [0.29, 0.717) is 0 Å². The van der Waals surface area contributed by atoms with Crippen LogP contribution in [0.3, 0.4) is 0 Å². The monoisotopic (exact) mass is 609 g/mol.